The Hall–Kier alpha value is -3.44. The average Bonchev–Trinajstić information content (AvgIpc) is 3.17. The molecule has 38 heavy (non-hydrogen) atoms. The molecule has 0 amide bonds. The molecule has 0 radical (unpaired) electrons. The zero-order chi connectivity index (χ0) is 27.6. The largest absolute Gasteiger partial charge is 0.493 e. The molecule has 1 aromatic heterocycles. The van der Waals surface area contributed by atoms with E-state index in [2.05, 4.69) is 9.73 Å². The Bertz CT molecular complexity index is 1560. The van der Waals surface area contributed by atoms with Crippen molar-refractivity contribution < 1.29 is 27.8 Å². The second-order valence-electron chi connectivity index (χ2n) is 8.60. The minimum Gasteiger partial charge on any atom is -0.493 e. The molecule has 2 aromatic carbocycles. The number of benzene rings is 2. The average molecular weight is 561 g/mol. The summed E-state index contributed by atoms with van der Waals surface area (Å²) in [5.74, 6) is -0.541. The molecule has 0 saturated heterocycles. The number of esters is 1. The summed E-state index contributed by atoms with van der Waals surface area (Å²) in [7, 11) is 1.34. The van der Waals surface area contributed by atoms with Gasteiger partial charge in [-0.05, 0) is 68.5 Å². The molecule has 7 nitrogen and oxygen atoms in total. The van der Waals surface area contributed by atoms with Crippen LogP contribution in [0.15, 0.2) is 68.4 Å². The lowest BCUT2D eigenvalue weighted by molar-refractivity contribution is -0.143. The van der Waals surface area contributed by atoms with Crippen LogP contribution in [-0.2, 0) is 9.53 Å². The highest BCUT2D eigenvalue weighted by Gasteiger charge is 2.33. The van der Waals surface area contributed by atoms with Crippen molar-refractivity contribution in [1.29, 1.82) is 0 Å². The number of carbonyl (C=O) groups is 1. The van der Waals surface area contributed by atoms with Gasteiger partial charge in [0.25, 0.3) is 5.56 Å². The first-order valence-corrected chi connectivity index (χ1v) is 13.7. The molecule has 0 N–H and O–H groups in total. The fourth-order valence-corrected chi connectivity index (χ4v) is 5.54. The van der Waals surface area contributed by atoms with E-state index in [-0.39, 0.29) is 23.2 Å². The fourth-order valence-electron chi connectivity index (χ4n) is 4.08. The summed E-state index contributed by atoms with van der Waals surface area (Å²) in [4.78, 5) is 33.0. The number of halogens is 2. The Kier molecular flexibility index (Phi) is 8.37. The molecule has 1 atom stereocenters. The summed E-state index contributed by atoms with van der Waals surface area (Å²) < 4.78 is 42.4. The molecule has 3 aromatic rings. The Morgan fingerprint density at radius 1 is 1.16 bits per heavy atom. The van der Waals surface area contributed by atoms with E-state index in [1.54, 1.807) is 44.7 Å². The van der Waals surface area contributed by atoms with Gasteiger partial charge in [0.05, 0.1) is 35.1 Å². The molecule has 0 aliphatic carbocycles. The molecule has 1 aliphatic rings. The van der Waals surface area contributed by atoms with E-state index < -0.39 is 18.6 Å². The van der Waals surface area contributed by atoms with Crippen LogP contribution in [0.25, 0.3) is 6.08 Å². The third kappa shape index (κ3) is 5.68. The first-order valence-electron chi connectivity index (χ1n) is 11.6. The lowest BCUT2D eigenvalue weighted by atomic mass is 9.96. The van der Waals surface area contributed by atoms with Crippen LogP contribution >= 0.6 is 23.1 Å². The first kappa shape index (κ1) is 27.6. The van der Waals surface area contributed by atoms with Gasteiger partial charge in [-0.3, -0.25) is 9.36 Å². The van der Waals surface area contributed by atoms with Gasteiger partial charge in [0.2, 0.25) is 0 Å². The van der Waals surface area contributed by atoms with Gasteiger partial charge in [-0.15, -0.1) is 11.8 Å². The van der Waals surface area contributed by atoms with E-state index in [1.807, 2.05) is 30.5 Å². The number of methoxy groups -OCH3 is 1. The summed E-state index contributed by atoms with van der Waals surface area (Å²) in [6.45, 7) is 2.25. The van der Waals surface area contributed by atoms with Gasteiger partial charge in [0, 0.05) is 4.90 Å². The Morgan fingerprint density at radius 2 is 1.87 bits per heavy atom. The van der Waals surface area contributed by atoms with Crippen molar-refractivity contribution in [3.05, 3.63) is 84.5 Å². The number of alkyl halides is 2. The summed E-state index contributed by atoms with van der Waals surface area (Å²) in [6.07, 6.45) is 3.24. The van der Waals surface area contributed by atoms with E-state index in [4.69, 9.17) is 9.47 Å². The predicted molar refractivity (Wildman–Crippen MR) is 143 cm³/mol. The fraction of sp³-hybridized carbons (Fsp3) is 0.296. The van der Waals surface area contributed by atoms with Crippen LogP contribution in [0.3, 0.4) is 0 Å². The Labute approximate surface area is 226 Å². The zero-order valence-corrected chi connectivity index (χ0v) is 23.0. The second-order valence-corrected chi connectivity index (χ2v) is 10.5. The molecule has 0 saturated carbocycles. The smallest absolute Gasteiger partial charge is 0.387 e. The number of hydrogen-bond acceptors (Lipinski definition) is 8. The maximum atomic E-state index is 13.7. The van der Waals surface area contributed by atoms with Gasteiger partial charge in [-0.2, -0.15) is 8.78 Å². The van der Waals surface area contributed by atoms with E-state index >= 15 is 0 Å². The van der Waals surface area contributed by atoms with E-state index in [9.17, 15) is 18.4 Å². The van der Waals surface area contributed by atoms with Crippen molar-refractivity contribution in [2.45, 2.75) is 44.4 Å². The number of allylic oxidation sites excluding steroid dienone is 1. The van der Waals surface area contributed by atoms with Crippen LogP contribution in [0.5, 0.6) is 11.5 Å². The van der Waals surface area contributed by atoms with Crippen LogP contribution in [0.2, 0.25) is 0 Å². The molecule has 0 spiro atoms. The minimum absolute atomic E-state index is 0.105. The lowest BCUT2D eigenvalue weighted by Gasteiger charge is -2.25. The summed E-state index contributed by atoms with van der Waals surface area (Å²) >= 11 is 2.76. The number of carbonyl (C=O) groups excluding carboxylic acids is 1. The van der Waals surface area contributed by atoms with Crippen molar-refractivity contribution in [2.75, 3.05) is 13.4 Å². The second kappa shape index (κ2) is 11.5. The molecular weight excluding hydrogens is 534 g/mol. The van der Waals surface area contributed by atoms with E-state index in [0.29, 0.717) is 26.2 Å². The molecule has 4 rings (SSSR count). The Balaban J connectivity index is 1.87. The van der Waals surface area contributed by atoms with Crippen LogP contribution in [0.1, 0.15) is 37.9 Å². The first-order chi connectivity index (χ1) is 18.1. The third-order valence-corrected chi connectivity index (χ3v) is 7.44. The van der Waals surface area contributed by atoms with E-state index in [1.165, 1.54) is 35.1 Å². The maximum Gasteiger partial charge on any atom is 0.387 e. The molecule has 200 valence electrons. The number of nitrogens with zero attached hydrogens (tertiary/aromatic N) is 2. The van der Waals surface area contributed by atoms with Gasteiger partial charge in [0.15, 0.2) is 16.3 Å². The standard InChI is InChI=1S/C27H26F2N2O5S2/c1-14(2)35-25(33)22-15(3)30-27-31(23(22)17-7-9-18(37-5)10-8-17)24(32)21(38-27)13-16-6-11-19(36-26(28)29)20(12-16)34-4/h6-14,23,26H,1-5H3/b21-13-/t23-/m1/s1. The lowest BCUT2D eigenvalue weighted by Crippen LogP contribution is -2.40. The van der Waals surface area contributed by atoms with Crippen LogP contribution in [0.4, 0.5) is 8.78 Å². The number of thioether (sulfide) groups is 1. The summed E-state index contributed by atoms with van der Waals surface area (Å²) in [6, 6.07) is 11.3. The molecule has 0 unspecified atom stereocenters. The maximum absolute atomic E-state index is 13.7. The van der Waals surface area contributed by atoms with Crippen LogP contribution in [0, 0.1) is 0 Å². The van der Waals surface area contributed by atoms with Crippen molar-refractivity contribution in [2.24, 2.45) is 4.99 Å². The van der Waals surface area contributed by atoms with Gasteiger partial charge < -0.3 is 14.2 Å². The zero-order valence-electron chi connectivity index (χ0n) is 21.4. The number of ether oxygens (including phenoxy) is 3. The molecule has 0 fully saturated rings. The number of hydrogen-bond donors (Lipinski definition) is 0. The van der Waals surface area contributed by atoms with E-state index in [0.717, 1.165) is 10.5 Å². The van der Waals surface area contributed by atoms with Crippen LogP contribution in [-0.4, -0.2) is 36.6 Å². The third-order valence-electron chi connectivity index (χ3n) is 5.72. The number of rotatable bonds is 8. The molecule has 2 heterocycles. The number of aromatic nitrogens is 1. The predicted octanol–water partition coefficient (Wildman–Crippen LogP) is 4.52. The molecule has 11 heteroatoms. The van der Waals surface area contributed by atoms with Gasteiger partial charge >= 0.3 is 12.6 Å². The monoisotopic (exact) mass is 560 g/mol. The van der Waals surface area contributed by atoms with Gasteiger partial charge in [-0.25, -0.2) is 9.79 Å². The highest BCUT2D eigenvalue weighted by atomic mass is 32.2. The summed E-state index contributed by atoms with van der Waals surface area (Å²) in [5, 5.41) is 0. The minimum atomic E-state index is -3.00. The molecular formula is C27H26F2N2O5S2. The van der Waals surface area contributed by atoms with Gasteiger partial charge in [-0.1, -0.05) is 29.5 Å². The topological polar surface area (TPSA) is 79.1 Å². The SMILES string of the molecule is COc1cc(/C=c2\sc3n(c2=O)[C@H](c2ccc(SC)cc2)C(C(=O)OC(C)C)=C(C)N=3)ccc1OC(F)F. The summed E-state index contributed by atoms with van der Waals surface area (Å²) in [5.41, 5.74) is 1.71. The molecule has 0 bridgehead atoms. The van der Waals surface area contributed by atoms with Crippen molar-refractivity contribution in [3.63, 3.8) is 0 Å². The van der Waals surface area contributed by atoms with Crippen molar-refractivity contribution >= 4 is 35.1 Å². The van der Waals surface area contributed by atoms with Gasteiger partial charge in [0.1, 0.15) is 0 Å². The number of fused-ring (bicyclic) bond motifs is 1. The Morgan fingerprint density at radius 3 is 2.47 bits per heavy atom. The highest BCUT2D eigenvalue weighted by molar-refractivity contribution is 7.98. The highest BCUT2D eigenvalue weighted by Crippen LogP contribution is 2.32. The molecule has 1 aliphatic heterocycles. The van der Waals surface area contributed by atoms with Crippen LogP contribution < -0.4 is 24.4 Å². The number of thiazole rings is 1. The quantitative estimate of drug-likeness (QED) is 0.298. The normalized spacial score (nSPS) is 15.5. The van der Waals surface area contributed by atoms with Crippen molar-refractivity contribution in [1.82, 2.24) is 4.57 Å². The van der Waals surface area contributed by atoms with Crippen molar-refractivity contribution in [3.8, 4) is 11.5 Å².